The van der Waals surface area contributed by atoms with Gasteiger partial charge in [0.05, 0.1) is 6.07 Å². The highest BCUT2D eigenvalue weighted by atomic mass is 16.6. The largest absolute Gasteiger partial charge is 0.358 e. The number of rotatable bonds is 3. The number of carbonyl (C=O) groups is 1. The first kappa shape index (κ1) is 13.5. The van der Waals surface area contributed by atoms with Gasteiger partial charge >= 0.3 is 5.82 Å². The van der Waals surface area contributed by atoms with E-state index in [-0.39, 0.29) is 23.5 Å². The molecule has 0 aromatic carbocycles. The van der Waals surface area contributed by atoms with E-state index in [4.69, 9.17) is 0 Å². The lowest BCUT2D eigenvalue weighted by molar-refractivity contribution is -0.389. The lowest BCUT2D eigenvalue weighted by Gasteiger charge is -2.31. The van der Waals surface area contributed by atoms with Crippen molar-refractivity contribution >= 4 is 11.7 Å². The molecular weight excluding hydrogens is 248 g/mol. The molecular formula is C12H18N4O3. The lowest BCUT2D eigenvalue weighted by Crippen LogP contribution is -2.40. The number of H-pyrrole nitrogens is 1. The van der Waals surface area contributed by atoms with Gasteiger partial charge in [0.2, 0.25) is 0 Å². The van der Waals surface area contributed by atoms with Crippen LogP contribution in [0.4, 0.5) is 5.82 Å². The van der Waals surface area contributed by atoms with Crippen LogP contribution >= 0.6 is 0 Å². The normalized spacial score (nSPS) is 26.9. The summed E-state index contributed by atoms with van der Waals surface area (Å²) in [6.07, 6.45) is 3.07. The number of nitro groups is 1. The summed E-state index contributed by atoms with van der Waals surface area (Å²) in [6, 6.07) is 1.28. The van der Waals surface area contributed by atoms with Crippen LogP contribution in [0.15, 0.2) is 6.07 Å². The average Bonchev–Trinajstić information content (AvgIpc) is 2.76. The van der Waals surface area contributed by atoms with Crippen LogP contribution in [0.5, 0.6) is 0 Å². The van der Waals surface area contributed by atoms with Gasteiger partial charge in [0.25, 0.3) is 5.91 Å². The average molecular weight is 266 g/mol. The fourth-order valence-corrected chi connectivity index (χ4v) is 2.85. The number of hydrogen-bond donors (Lipinski definition) is 2. The van der Waals surface area contributed by atoms with Crippen molar-refractivity contribution in [3.05, 3.63) is 21.9 Å². The van der Waals surface area contributed by atoms with Crippen LogP contribution in [0, 0.1) is 22.0 Å². The van der Waals surface area contributed by atoms with Crippen molar-refractivity contribution in [2.75, 3.05) is 0 Å². The minimum atomic E-state index is -0.603. The Morgan fingerprint density at radius 3 is 2.58 bits per heavy atom. The maximum absolute atomic E-state index is 11.9. The fourth-order valence-electron chi connectivity index (χ4n) is 2.85. The second-order valence-corrected chi connectivity index (χ2v) is 5.48. The van der Waals surface area contributed by atoms with E-state index >= 15 is 0 Å². The molecule has 0 spiro atoms. The predicted molar refractivity (Wildman–Crippen MR) is 68.7 cm³/mol. The Morgan fingerprint density at radius 2 is 2.05 bits per heavy atom. The molecule has 0 saturated heterocycles. The summed E-state index contributed by atoms with van der Waals surface area (Å²) in [5.74, 6) is 0.552. The van der Waals surface area contributed by atoms with Gasteiger partial charge in [0, 0.05) is 6.04 Å². The van der Waals surface area contributed by atoms with E-state index in [1.54, 1.807) is 0 Å². The number of carbonyl (C=O) groups excluding carboxylic acids is 1. The van der Waals surface area contributed by atoms with Gasteiger partial charge in [-0.3, -0.25) is 4.79 Å². The van der Waals surface area contributed by atoms with Crippen LogP contribution in [-0.2, 0) is 0 Å². The molecule has 2 N–H and O–H groups in total. The van der Waals surface area contributed by atoms with Crippen LogP contribution in [0.25, 0.3) is 0 Å². The third-order valence-corrected chi connectivity index (χ3v) is 3.51. The van der Waals surface area contributed by atoms with Crippen molar-refractivity contribution < 1.29 is 9.72 Å². The highest BCUT2D eigenvalue weighted by Gasteiger charge is 2.26. The third kappa shape index (κ3) is 3.30. The van der Waals surface area contributed by atoms with Crippen molar-refractivity contribution in [2.24, 2.45) is 11.8 Å². The van der Waals surface area contributed by atoms with Crippen LogP contribution in [0.1, 0.15) is 43.6 Å². The summed E-state index contributed by atoms with van der Waals surface area (Å²) in [7, 11) is 0. The molecule has 1 fully saturated rings. The number of nitrogens with zero attached hydrogens (tertiary/aromatic N) is 2. The van der Waals surface area contributed by atoms with Crippen LogP contribution in [0.3, 0.4) is 0 Å². The third-order valence-electron chi connectivity index (χ3n) is 3.51. The number of amides is 1. The smallest absolute Gasteiger partial charge is 0.343 e. The zero-order valence-corrected chi connectivity index (χ0v) is 11.0. The zero-order valence-electron chi connectivity index (χ0n) is 11.0. The molecule has 0 aliphatic heterocycles. The van der Waals surface area contributed by atoms with Crippen molar-refractivity contribution in [2.45, 2.75) is 39.2 Å². The monoisotopic (exact) mass is 266 g/mol. The molecule has 1 aliphatic rings. The van der Waals surface area contributed by atoms with Crippen molar-refractivity contribution in [3.8, 4) is 0 Å². The van der Waals surface area contributed by atoms with Gasteiger partial charge in [-0.25, -0.2) is 0 Å². The van der Waals surface area contributed by atoms with E-state index < -0.39 is 4.92 Å². The highest BCUT2D eigenvalue weighted by molar-refractivity contribution is 5.92. The van der Waals surface area contributed by atoms with E-state index in [1.807, 2.05) is 0 Å². The van der Waals surface area contributed by atoms with Gasteiger partial charge in [-0.1, -0.05) is 18.9 Å². The van der Waals surface area contributed by atoms with Gasteiger partial charge in [-0.15, -0.1) is 5.10 Å². The van der Waals surface area contributed by atoms with E-state index in [2.05, 4.69) is 29.4 Å². The summed E-state index contributed by atoms with van der Waals surface area (Å²) in [5.41, 5.74) is 0.0672. The summed E-state index contributed by atoms with van der Waals surface area (Å²) in [5, 5.41) is 19.3. The van der Waals surface area contributed by atoms with E-state index in [0.717, 1.165) is 18.9 Å². The lowest BCUT2D eigenvalue weighted by atomic mass is 9.80. The van der Waals surface area contributed by atoms with Gasteiger partial charge in [-0.05, 0) is 36.0 Å². The molecule has 2 rings (SSSR count). The first-order valence-electron chi connectivity index (χ1n) is 6.46. The molecule has 1 heterocycles. The molecule has 0 radical (unpaired) electrons. The minimum absolute atomic E-state index is 0.0672. The van der Waals surface area contributed by atoms with Crippen LogP contribution in [0.2, 0.25) is 0 Å². The molecule has 0 bridgehead atoms. The zero-order chi connectivity index (χ0) is 14.0. The molecule has 2 unspecified atom stereocenters. The minimum Gasteiger partial charge on any atom is -0.358 e. The maximum Gasteiger partial charge on any atom is 0.343 e. The SMILES string of the molecule is CC1CC(C)CC(NC(=O)c2cc([N+](=O)[O-])[nH]n2)C1. The molecule has 1 aliphatic carbocycles. The molecule has 1 amide bonds. The fraction of sp³-hybridized carbons (Fsp3) is 0.667. The Labute approximate surface area is 110 Å². The Morgan fingerprint density at radius 1 is 1.42 bits per heavy atom. The summed E-state index contributed by atoms with van der Waals surface area (Å²) in [6.45, 7) is 4.35. The topological polar surface area (TPSA) is 101 Å². The maximum atomic E-state index is 11.9. The molecule has 7 nitrogen and oxygen atoms in total. The van der Waals surface area contributed by atoms with Crippen molar-refractivity contribution in [1.82, 2.24) is 15.5 Å². The summed E-state index contributed by atoms with van der Waals surface area (Å²) < 4.78 is 0. The standard InChI is InChI=1S/C12H18N4O3/c1-7-3-8(2)5-9(4-7)13-12(17)10-6-11(15-14-10)16(18)19/h6-9H,3-5H2,1-2H3,(H,13,17)(H,14,15). The number of aromatic nitrogens is 2. The van der Waals surface area contributed by atoms with E-state index in [1.165, 1.54) is 6.42 Å². The van der Waals surface area contributed by atoms with Gasteiger partial charge in [-0.2, -0.15) is 0 Å². The first-order chi connectivity index (χ1) is 8.95. The second kappa shape index (κ2) is 5.38. The molecule has 1 aromatic heterocycles. The van der Waals surface area contributed by atoms with Gasteiger partial charge in [0.1, 0.15) is 0 Å². The Kier molecular flexibility index (Phi) is 3.82. The van der Waals surface area contributed by atoms with Gasteiger partial charge in [0.15, 0.2) is 5.69 Å². The van der Waals surface area contributed by atoms with Crippen LogP contribution in [-0.4, -0.2) is 27.1 Å². The Balaban J connectivity index is 1.98. The number of aromatic amines is 1. The van der Waals surface area contributed by atoms with Crippen molar-refractivity contribution in [1.29, 1.82) is 0 Å². The Hall–Kier alpha value is -1.92. The molecule has 1 aromatic rings. The Bertz CT molecular complexity index is 475. The first-order valence-corrected chi connectivity index (χ1v) is 6.46. The molecule has 2 atom stereocenters. The van der Waals surface area contributed by atoms with E-state index in [0.29, 0.717) is 11.8 Å². The van der Waals surface area contributed by atoms with Gasteiger partial charge < -0.3 is 15.4 Å². The molecule has 104 valence electrons. The number of nitrogens with one attached hydrogen (secondary N) is 2. The second-order valence-electron chi connectivity index (χ2n) is 5.48. The quantitative estimate of drug-likeness (QED) is 0.644. The molecule has 1 saturated carbocycles. The van der Waals surface area contributed by atoms with Crippen LogP contribution < -0.4 is 5.32 Å². The number of hydrogen-bond acceptors (Lipinski definition) is 4. The molecule has 7 heteroatoms. The van der Waals surface area contributed by atoms with Crippen molar-refractivity contribution in [3.63, 3.8) is 0 Å². The molecule has 19 heavy (non-hydrogen) atoms. The summed E-state index contributed by atoms with van der Waals surface area (Å²) in [4.78, 5) is 21.9. The van der Waals surface area contributed by atoms with E-state index in [9.17, 15) is 14.9 Å². The highest BCUT2D eigenvalue weighted by Crippen LogP contribution is 2.28. The summed E-state index contributed by atoms with van der Waals surface area (Å²) >= 11 is 0. The predicted octanol–water partition coefficient (Wildman–Crippen LogP) is 1.87.